The van der Waals surface area contributed by atoms with Crippen molar-refractivity contribution in [1.82, 2.24) is 25.3 Å². The van der Waals surface area contributed by atoms with E-state index in [1.54, 1.807) is 0 Å². The maximum absolute atomic E-state index is 5.68. The minimum Gasteiger partial charge on any atom is -0.381 e. The Kier molecular flexibility index (Phi) is 9.87. The zero-order valence-corrected chi connectivity index (χ0v) is 21.8. The molecule has 30 heavy (non-hydrogen) atoms. The van der Waals surface area contributed by atoms with E-state index >= 15 is 0 Å². The summed E-state index contributed by atoms with van der Waals surface area (Å²) in [6.07, 6.45) is 5.73. The van der Waals surface area contributed by atoms with Gasteiger partial charge in [0.25, 0.3) is 0 Å². The molecule has 1 aromatic heterocycles. The third-order valence-corrected chi connectivity index (χ3v) is 6.63. The van der Waals surface area contributed by atoms with E-state index in [9.17, 15) is 0 Å². The van der Waals surface area contributed by atoms with Gasteiger partial charge >= 0.3 is 0 Å². The molecule has 7 nitrogen and oxygen atoms in total. The molecule has 2 N–H and O–H groups in total. The van der Waals surface area contributed by atoms with Crippen molar-refractivity contribution >= 4 is 29.9 Å². The minimum atomic E-state index is 0. The van der Waals surface area contributed by atoms with Crippen molar-refractivity contribution in [2.45, 2.75) is 71.4 Å². The highest BCUT2D eigenvalue weighted by Gasteiger charge is 2.39. The molecule has 3 heterocycles. The largest absolute Gasteiger partial charge is 0.381 e. The van der Waals surface area contributed by atoms with Crippen molar-refractivity contribution in [1.29, 1.82) is 0 Å². The second-order valence-electron chi connectivity index (χ2n) is 8.75. The zero-order valence-electron chi connectivity index (χ0n) is 19.5. The molecule has 2 aliphatic rings. The lowest BCUT2D eigenvalue weighted by Crippen LogP contribution is -2.54. The molecule has 0 spiro atoms. The van der Waals surface area contributed by atoms with Crippen LogP contribution in [-0.2, 0) is 18.2 Å². The van der Waals surface area contributed by atoms with Crippen molar-refractivity contribution in [2.24, 2.45) is 12.0 Å². The molecule has 1 atom stereocenters. The fourth-order valence-electron chi connectivity index (χ4n) is 4.77. The summed E-state index contributed by atoms with van der Waals surface area (Å²) in [4.78, 5) is 7.74. The molecule has 0 aromatic carbocycles. The number of aromatic nitrogens is 2. The van der Waals surface area contributed by atoms with E-state index in [0.717, 1.165) is 57.2 Å². The van der Waals surface area contributed by atoms with E-state index in [4.69, 9.17) is 9.73 Å². The number of guanidine groups is 1. The SMILES string of the molecule is CCNC(=NCC1(N2CCCC2)CCOCC1)NC(C)Cc1c(C)nn(C)c1C.I. The molecule has 0 radical (unpaired) electrons. The Morgan fingerprint density at radius 3 is 2.47 bits per heavy atom. The summed E-state index contributed by atoms with van der Waals surface area (Å²) in [6, 6.07) is 0.284. The number of rotatable bonds is 7. The van der Waals surface area contributed by atoms with Crippen LogP contribution in [0.15, 0.2) is 4.99 Å². The molecule has 2 fully saturated rings. The first-order chi connectivity index (χ1) is 13.9. The van der Waals surface area contributed by atoms with Gasteiger partial charge in [-0.05, 0) is 78.5 Å². The number of aliphatic imine (C=N–C) groups is 1. The standard InChI is InChI=1S/C22H40N6O.HI/c1-6-23-21(25-17(2)15-20-18(3)26-27(5)19(20)4)24-16-22(9-13-29-14-10-22)28-11-7-8-12-28;/h17H,6-16H2,1-5H3,(H2,23,24,25);1H. The number of hydrogen-bond acceptors (Lipinski definition) is 4. The molecular formula is C22H41IN6O. The van der Waals surface area contributed by atoms with Gasteiger partial charge in [-0.2, -0.15) is 5.10 Å². The molecule has 2 aliphatic heterocycles. The van der Waals surface area contributed by atoms with Crippen molar-refractivity contribution < 1.29 is 4.74 Å². The second kappa shape index (κ2) is 11.7. The van der Waals surface area contributed by atoms with E-state index in [1.807, 2.05) is 11.7 Å². The Hall–Kier alpha value is -0.870. The number of nitrogens with one attached hydrogen (secondary N) is 2. The van der Waals surface area contributed by atoms with Crippen molar-refractivity contribution in [3.63, 3.8) is 0 Å². The number of aryl methyl sites for hydroxylation is 2. The highest BCUT2D eigenvalue weighted by molar-refractivity contribution is 14.0. The Morgan fingerprint density at radius 1 is 1.23 bits per heavy atom. The average Bonchev–Trinajstić information content (AvgIpc) is 3.33. The molecule has 172 valence electrons. The minimum absolute atomic E-state index is 0. The summed E-state index contributed by atoms with van der Waals surface area (Å²) in [7, 11) is 2.02. The summed E-state index contributed by atoms with van der Waals surface area (Å²) >= 11 is 0. The van der Waals surface area contributed by atoms with Crippen LogP contribution in [-0.4, -0.2) is 71.6 Å². The van der Waals surface area contributed by atoms with Gasteiger partial charge in [0.1, 0.15) is 0 Å². The van der Waals surface area contributed by atoms with Gasteiger partial charge in [0.05, 0.1) is 12.2 Å². The molecule has 2 saturated heterocycles. The third kappa shape index (κ3) is 6.09. The van der Waals surface area contributed by atoms with E-state index in [1.165, 1.54) is 37.2 Å². The van der Waals surface area contributed by atoms with Gasteiger partial charge in [-0.3, -0.25) is 14.6 Å². The Labute approximate surface area is 199 Å². The molecule has 0 aliphatic carbocycles. The van der Waals surface area contributed by atoms with Gasteiger partial charge in [0.15, 0.2) is 5.96 Å². The summed E-state index contributed by atoms with van der Waals surface area (Å²) < 4.78 is 7.65. The van der Waals surface area contributed by atoms with Gasteiger partial charge < -0.3 is 15.4 Å². The summed E-state index contributed by atoms with van der Waals surface area (Å²) in [6.45, 7) is 14.4. The van der Waals surface area contributed by atoms with Gasteiger partial charge in [0, 0.05) is 44.1 Å². The number of nitrogens with zero attached hydrogens (tertiary/aromatic N) is 4. The first-order valence-electron chi connectivity index (χ1n) is 11.3. The highest BCUT2D eigenvalue weighted by Crippen LogP contribution is 2.31. The van der Waals surface area contributed by atoms with Gasteiger partial charge in [-0.1, -0.05) is 0 Å². The first-order valence-corrected chi connectivity index (χ1v) is 11.3. The van der Waals surface area contributed by atoms with Crippen molar-refractivity contribution in [3.8, 4) is 0 Å². The van der Waals surface area contributed by atoms with E-state index in [0.29, 0.717) is 0 Å². The van der Waals surface area contributed by atoms with Crippen molar-refractivity contribution in [2.75, 3.05) is 39.4 Å². The normalized spacial score (nSPS) is 20.6. The Balaban J connectivity index is 0.00000320. The summed E-state index contributed by atoms with van der Waals surface area (Å²) in [5, 5.41) is 11.6. The number of ether oxygens (including phenoxy) is 1. The smallest absolute Gasteiger partial charge is 0.191 e. The second-order valence-corrected chi connectivity index (χ2v) is 8.75. The summed E-state index contributed by atoms with van der Waals surface area (Å²) in [5.41, 5.74) is 3.86. The topological polar surface area (TPSA) is 66.7 Å². The maximum Gasteiger partial charge on any atom is 0.191 e. The van der Waals surface area contributed by atoms with Crippen LogP contribution in [0.25, 0.3) is 0 Å². The lowest BCUT2D eigenvalue weighted by atomic mass is 9.88. The third-order valence-electron chi connectivity index (χ3n) is 6.63. The molecule has 0 saturated carbocycles. The molecule has 1 aromatic rings. The molecule has 8 heteroatoms. The Bertz CT molecular complexity index is 692. The average molecular weight is 533 g/mol. The highest BCUT2D eigenvalue weighted by atomic mass is 127. The quantitative estimate of drug-likeness (QED) is 0.321. The van der Waals surface area contributed by atoms with Crippen LogP contribution in [0.2, 0.25) is 0 Å². The predicted molar refractivity (Wildman–Crippen MR) is 134 cm³/mol. The fourth-order valence-corrected chi connectivity index (χ4v) is 4.77. The van der Waals surface area contributed by atoms with E-state index < -0.39 is 0 Å². The molecule has 3 rings (SSSR count). The van der Waals surface area contributed by atoms with E-state index in [-0.39, 0.29) is 35.6 Å². The molecule has 0 amide bonds. The van der Waals surface area contributed by atoms with Crippen molar-refractivity contribution in [3.05, 3.63) is 17.0 Å². The Morgan fingerprint density at radius 2 is 1.90 bits per heavy atom. The number of likely N-dealkylation sites (tertiary alicyclic amines) is 1. The van der Waals surface area contributed by atoms with Gasteiger partial charge in [-0.25, -0.2) is 0 Å². The van der Waals surface area contributed by atoms with Crippen LogP contribution in [0.4, 0.5) is 0 Å². The van der Waals surface area contributed by atoms with Crippen LogP contribution in [0.3, 0.4) is 0 Å². The van der Waals surface area contributed by atoms with Gasteiger partial charge in [0.2, 0.25) is 0 Å². The van der Waals surface area contributed by atoms with Crippen LogP contribution < -0.4 is 10.6 Å². The summed E-state index contributed by atoms with van der Waals surface area (Å²) in [5.74, 6) is 0.921. The monoisotopic (exact) mass is 532 g/mol. The first kappa shape index (κ1) is 25.4. The van der Waals surface area contributed by atoms with Crippen LogP contribution in [0.1, 0.15) is 56.5 Å². The van der Waals surface area contributed by atoms with Crippen LogP contribution in [0, 0.1) is 13.8 Å². The number of halogens is 1. The number of hydrogen-bond donors (Lipinski definition) is 2. The maximum atomic E-state index is 5.68. The van der Waals surface area contributed by atoms with Crippen LogP contribution >= 0.6 is 24.0 Å². The van der Waals surface area contributed by atoms with E-state index in [2.05, 4.69) is 48.3 Å². The molecule has 0 bridgehead atoms. The fraction of sp³-hybridized carbons (Fsp3) is 0.818. The molecule has 1 unspecified atom stereocenters. The lowest BCUT2D eigenvalue weighted by molar-refractivity contribution is -0.0139. The lowest BCUT2D eigenvalue weighted by Gasteiger charge is -2.43. The van der Waals surface area contributed by atoms with Crippen LogP contribution in [0.5, 0.6) is 0 Å². The zero-order chi connectivity index (χ0) is 20.9. The van der Waals surface area contributed by atoms with Gasteiger partial charge in [-0.15, -0.1) is 24.0 Å². The predicted octanol–water partition coefficient (Wildman–Crippen LogP) is 2.79. The molecular weight excluding hydrogens is 491 g/mol.